The first-order chi connectivity index (χ1) is 7.66. The van der Waals surface area contributed by atoms with Crippen LogP contribution in [0.25, 0.3) is 0 Å². The Morgan fingerprint density at radius 2 is 2.38 bits per heavy atom. The summed E-state index contributed by atoms with van der Waals surface area (Å²) in [7, 11) is 0. The molecule has 16 heavy (non-hydrogen) atoms. The smallest absolute Gasteiger partial charge is 0.258 e. The summed E-state index contributed by atoms with van der Waals surface area (Å²) >= 11 is 7.55. The highest BCUT2D eigenvalue weighted by Crippen LogP contribution is 2.18. The fourth-order valence-electron chi connectivity index (χ4n) is 1.38. The van der Waals surface area contributed by atoms with Crippen molar-refractivity contribution >= 4 is 34.4 Å². The SMILES string of the molecule is Cc1ccc(C(=O)NC2=NCCS2)c(Cl)c1. The van der Waals surface area contributed by atoms with Gasteiger partial charge in [-0.05, 0) is 24.6 Å². The van der Waals surface area contributed by atoms with Crippen LogP contribution in [0.4, 0.5) is 0 Å². The van der Waals surface area contributed by atoms with Gasteiger partial charge in [-0.3, -0.25) is 9.79 Å². The molecule has 0 aliphatic carbocycles. The van der Waals surface area contributed by atoms with Crippen LogP contribution < -0.4 is 5.32 Å². The molecular weight excluding hydrogens is 244 g/mol. The van der Waals surface area contributed by atoms with Gasteiger partial charge in [-0.2, -0.15) is 0 Å². The number of aliphatic imine (C=N–C) groups is 1. The Balaban J connectivity index is 2.14. The van der Waals surface area contributed by atoms with Crippen molar-refractivity contribution in [2.75, 3.05) is 12.3 Å². The minimum Gasteiger partial charge on any atom is -0.301 e. The Hall–Kier alpha value is -1.00. The summed E-state index contributed by atoms with van der Waals surface area (Å²) in [5.41, 5.74) is 1.52. The second-order valence-corrected chi connectivity index (χ2v) is 4.96. The van der Waals surface area contributed by atoms with Gasteiger partial charge in [0, 0.05) is 5.75 Å². The minimum atomic E-state index is -0.196. The monoisotopic (exact) mass is 254 g/mol. The molecule has 0 aromatic heterocycles. The number of amidine groups is 1. The van der Waals surface area contributed by atoms with Crippen molar-refractivity contribution in [1.29, 1.82) is 0 Å². The predicted molar refractivity (Wildman–Crippen MR) is 68.4 cm³/mol. The number of rotatable bonds is 1. The Bertz CT molecular complexity index is 459. The van der Waals surface area contributed by atoms with Crippen LogP contribution >= 0.6 is 23.4 Å². The van der Waals surface area contributed by atoms with Crippen LogP contribution in [0.3, 0.4) is 0 Å². The lowest BCUT2D eigenvalue weighted by Crippen LogP contribution is -2.27. The van der Waals surface area contributed by atoms with Gasteiger partial charge < -0.3 is 5.32 Å². The molecule has 1 aromatic rings. The third kappa shape index (κ3) is 2.57. The average Bonchev–Trinajstić information content (AvgIpc) is 2.70. The lowest BCUT2D eigenvalue weighted by atomic mass is 10.1. The van der Waals surface area contributed by atoms with Crippen molar-refractivity contribution in [3.8, 4) is 0 Å². The van der Waals surface area contributed by atoms with Crippen molar-refractivity contribution in [1.82, 2.24) is 5.32 Å². The minimum absolute atomic E-state index is 0.196. The fraction of sp³-hybridized carbons (Fsp3) is 0.273. The molecule has 1 aliphatic rings. The molecule has 1 aromatic carbocycles. The number of carbonyl (C=O) groups is 1. The molecule has 1 aliphatic heterocycles. The molecule has 84 valence electrons. The number of amides is 1. The van der Waals surface area contributed by atoms with Crippen LogP contribution in [0.2, 0.25) is 5.02 Å². The van der Waals surface area contributed by atoms with Crippen molar-refractivity contribution in [3.63, 3.8) is 0 Å². The Morgan fingerprint density at radius 3 is 3.00 bits per heavy atom. The van der Waals surface area contributed by atoms with Gasteiger partial charge in [-0.1, -0.05) is 29.4 Å². The number of thioether (sulfide) groups is 1. The van der Waals surface area contributed by atoms with Gasteiger partial charge in [-0.25, -0.2) is 0 Å². The van der Waals surface area contributed by atoms with Gasteiger partial charge in [0.05, 0.1) is 17.1 Å². The first kappa shape index (κ1) is 11.5. The van der Waals surface area contributed by atoms with Crippen LogP contribution in [-0.2, 0) is 0 Å². The molecule has 0 atom stereocenters. The average molecular weight is 255 g/mol. The molecule has 1 amide bonds. The maximum atomic E-state index is 11.8. The van der Waals surface area contributed by atoms with Crippen molar-refractivity contribution in [2.24, 2.45) is 4.99 Å². The molecule has 3 nitrogen and oxygen atoms in total. The number of nitrogens with one attached hydrogen (secondary N) is 1. The highest BCUT2D eigenvalue weighted by Gasteiger charge is 2.14. The van der Waals surface area contributed by atoms with E-state index in [4.69, 9.17) is 11.6 Å². The maximum Gasteiger partial charge on any atom is 0.258 e. The molecule has 0 radical (unpaired) electrons. The number of benzene rings is 1. The summed E-state index contributed by atoms with van der Waals surface area (Å²) in [5, 5.41) is 3.90. The number of nitrogens with zero attached hydrogens (tertiary/aromatic N) is 1. The quantitative estimate of drug-likeness (QED) is 0.837. The fourth-order valence-corrected chi connectivity index (χ4v) is 2.42. The summed E-state index contributed by atoms with van der Waals surface area (Å²) in [6.07, 6.45) is 0. The van der Waals surface area contributed by atoms with Crippen molar-refractivity contribution < 1.29 is 4.79 Å². The molecule has 0 unspecified atom stereocenters. The lowest BCUT2D eigenvalue weighted by molar-refractivity contribution is 0.0978. The lowest BCUT2D eigenvalue weighted by Gasteiger charge is -2.06. The van der Waals surface area contributed by atoms with Gasteiger partial charge in [0.15, 0.2) is 5.17 Å². The van der Waals surface area contributed by atoms with E-state index in [0.29, 0.717) is 15.8 Å². The zero-order valence-electron chi connectivity index (χ0n) is 8.79. The Morgan fingerprint density at radius 1 is 1.56 bits per heavy atom. The van der Waals surface area contributed by atoms with Crippen LogP contribution in [0.5, 0.6) is 0 Å². The van der Waals surface area contributed by atoms with Crippen molar-refractivity contribution in [2.45, 2.75) is 6.92 Å². The molecule has 0 spiro atoms. The van der Waals surface area contributed by atoms with Crippen LogP contribution in [-0.4, -0.2) is 23.4 Å². The number of carbonyl (C=O) groups excluding carboxylic acids is 1. The Labute approximate surface area is 103 Å². The van der Waals surface area contributed by atoms with E-state index >= 15 is 0 Å². The van der Waals surface area contributed by atoms with E-state index in [0.717, 1.165) is 17.9 Å². The standard InChI is InChI=1S/C11H11ClN2OS/c1-7-2-3-8(9(12)6-7)10(15)14-11-13-4-5-16-11/h2-3,6H,4-5H2,1H3,(H,13,14,15). The first-order valence-corrected chi connectivity index (χ1v) is 6.28. The molecule has 0 fully saturated rings. The summed E-state index contributed by atoms with van der Waals surface area (Å²) in [6, 6.07) is 5.37. The first-order valence-electron chi connectivity index (χ1n) is 4.91. The van der Waals surface area contributed by atoms with Gasteiger partial charge in [0.1, 0.15) is 0 Å². The predicted octanol–water partition coefficient (Wildman–Crippen LogP) is 2.48. The second-order valence-electron chi connectivity index (χ2n) is 3.47. The molecule has 0 bridgehead atoms. The van der Waals surface area contributed by atoms with E-state index < -0.39 is 0 Å². The number of aryl methyl sites for hydroxylation is 1. The molecule has 1 N–H and O–H groups in total. The number of hydrogen-bond acceptors (Lipinski definition) is 3. The van der Waals surface area contributed by atoms with E-state index in [1.54, 1.807) is 23.9 Å². The van der Waals surface area contributed by atoms with E-state index in [1.165, 1.54) is 0 Å². The zero-order valence-corrected chi connectivity index (χ0v) is 10.4. The third-order valence-electron chi connectivity index (χ3n) is 2.18. The van der Waals surface area contributed by atoms with Crippen LogP contribution in [0.15, 0.2) is 23.2 Å². The van der Waals surface area contributed by atoms with Gasteiger partial charge in [-0.15, -0.1) is 0 Å². The summed E-state index contributed by atoms with van der Waals surface area (Å²) in [6.45, 7) is 2.70. The highest BCUT2D eigenvalue weighted by atomic mass is 35.5. The largest absolute Gasteiger partial charge is 0.301 e. The summed E-state index contributed by atoms with van der Waals surface area (Å²) in [5.74, 6) is 0.732. The maximum absolute atomic E-state index is 11.8. The normalized spacial score (nSPS) is 14.8. The van der Waals surface area contributed by atoms with E-state index in [9.17, 15) is 4.79 Å². The molecule has 2 rings (SSSR count). The third-order valence-corrected chi connectivity index (χ3v) is 3.38. The van der Waals surface area contributed by atoms with Crippen LogP contribution in [0.1, 0.15) is 15.9 Å². The topological polar surface area (TPSA) is 41.5 Å². The molecule has 0 saturated carbocycles. The van der Waals surface area contributed by atoms with Gasteiger partial charge in [0.25, 0.3) is 5.91 Å². The molecular formula is C11H11ClN2OS. The number of hydrogen-bond donors (Lipinski definition) is 1. The second kappa shape index (κ2) is 4.89. The van der Waals surface area contributed by atoms with E-state index in [1.807, 2.05) is 13.0 Å². The van der Waals surface area contributed by atoms with Gasteiger partial charge >= 0.3 is 0 Å². The van der Waals surface area contributed by atoms with Crippen LogP contribution in [0, 0.1) is 6.92 Å². The van der Waals surface area contributed by atoms with E-state index in [2.05, 4.69) is 10.3 Å². The van der Waals surface area contributed by atoms with Crippen molar-refractivity contribution in [3.05, 3.63) is 34.3 Å². The highest BCUT2D eigenvalue weighted by molar-refractivity contribution is 8.14. The molecule has 5 heteroatoms. The molecule has 0 saturated heterocycles. The van der Waals surface area contributed by atoms with E-state index in [-0.39, 0.29) is 5.91 Å². The zero-order chi connectivity index (χ0) is 11.5. The molecule has 1 heterocycles. The Kier molecular flexibility index (Phi) is 3.51. The number of halogens is 1. The van der Waals surface area contributed by atoms with Gasteiger partial charge in [0.2, 0.25) is 0 Å². The summed E-state index contributed by atoms with van der Waals surface area (Å²) in [4.78, 5) is 16.0. The summed E-state index contributed by atoms with van der Waals surface area (Å²) < 4.78 is 0.